The number of halogens is 4. The fraction of sp³-hybridized carbons (Fsp3) is 0.192. The predicted molar refractivity (Wildman–Crippen MR) is 145 cm³/mol. The summed E-state index contributed by atoms with van der Waals surface area (Å²) in [6, 6.07) is 10.5. The van der Waals surface area contributed by atoms with Crippen LogP contribution in [0.15, 0.2) is 70.5 Å². The normalized spacial score (nSPS) is 12.5. The van der Waals surface area contributed by atoms with Gasteiger partial charge in [0, 0.05) is 17.5 Å². The lowest BCUT2D eigenvalue weighted by atomic mass is 10.1. The van der Waals surface area contributed by atoms with Gasteiger partial charge in [0.05, 0.1) is 26.9 Å². The van der Waals surface area contributed by atoms with Gasteiger partial charge in [0.15, 0.2) is 5.16 Å². The second-order valence-electron chi connectivity index (χ2n) is 8.24. The summed E-state index contributed by atoms with van der Waals surface area (Å²) in [5, 5.41) is 4.28. The van der Waals surface area contributed by atoms with Crippen LogP contribution in [-0.2, 0) is 17.5 Å². The Bertz CT molecular complexity index is 1550. The molecule has 0 saturated heterocycles. The van der Waals surface area contributed by atoms with Gasteiger partial charge in [-0.3, -0.25) is 14.2 Å². The van der Waals surface area contributed by atoms with Gasteiger partial charge < -0.3 is 5.32 Å². The molecule has 0 fully saturated rings. The highest BCUT2D eigenvalue weighted by atomic mass is 35.5. The quantitative estimate of drug-likeness (QED) is 0.144. The monoisotopic (exact) mass is 563 g/mol. The Morgan fingerprint density at radius 3 is 2.62 bits per heavy atom. The van der Waals surface area contributed by atoms with Crippen LogP contribution in [0.25, 0.3) is 21.3 Å². The van der Waals surface area contributed by atoms with Gasteiger partial charge in [-0.2, -0.15) is 13.2 Å². The minimum Gasteiger partial charge on any atom is -0.324 e. The standard InChI is InChI=1S/C26H21ClF3N3O2S2/c1-4-11-33-24(35)21-18(16-7-5-14(2)6-8-16)13-36-23(21)32-25(33)37-15(3)22(34)31-20-12-17(26(28,29)30)9-10-19(20)27/h4-10,12-13,15H,1,11H2,2-3H3,(H,31,34). The number of nitrogens with one attached hydrogen (secondary N) is 1. The number of carbonyl (C=O) groups is 1. The van der Waals surface area contributed by atoms with E-state index >= 15 is 0 Å². The molecule has 1 atom stereocenters. The highest BCUT2D eigenvalue weighted by molar-refractivity contribution is 8.00. The predicted octanol–water partition coefficient (Wildman–Crippen LogP) is 7.41. The Hall–Kier alpha value is -3.08. The Balaban J connectivity index is 1.65. The fourth-order valence-corrected chi connectivity index (χ4v) is 5.65. The maximum Gasteiger partial charge on any atom is 0.416 e. The summed E-state index contributed by atoms with van der Waals surface area (Å²) in [5.41, 5.74) is 1.42. The highest BCUT2D eigenvalue weighted by Gasteiger charge is 2.31. The molecule has 0 spiro atoms. The van der Waals surface area contributed by atoms with Crippen LogP contribution in [0.5, 0.6) is 0 Å². The van der Waals surface area contributed by atoms with Crippen LogP contribution in [0.3, 0.4) is 0 Å². The summed E-state index contributed by atoms with van der Waals surface area (Å²) in [5.74, 6) is -0.586. The average Bonchev–Trinajstić information content (AvgIpc) is 3.26. The molecule has 0 saturated carbocycles. The van der Waals surface area contributed by atoms with Crippen molar-refractivity contribution >= 4 is 56.5 Å². The van der Waals surface area contributed by atoms with Crippen LogP contribution in [0.1, 0.15) is 18.1 Å². The first kappa shape index (κ1) is 27.0. The van der Waals surface area contributed by atoms with Crippen LogP contribution < -0.4 is 10.9 Å². The van der Waals surface area contributed by atoms with E-state index in [9.17, 15) is 22.8 Å². The van der Waals surface area contributed by atoms with Crippen molar-refractivity contribution in [2.45, 2.75) is 37.0 Å². The molecule has 0 aliphatic heterocycles. The number of fused-ring (bicyclic) bond motifs is 1. The van der Waals surface area contributed by atoms with Crippen LogP contribution >= 0.6 is 34.7 Å². The lowest BCUT2D eigenvalue weighted by molar-refractivity contribution is -0.137. The van der Waals surface area contributed by atoms with Crippen LogP contribution in [0, 0.1) is 6.92 Å². The zero-order valence-electron chi connectivity index (χ0n) is 19.7. The van der Waals surface area contributed by atoms with Gasteiger partial charge in [0.2, 0.25) is 5.91 Å². The molecule has 4 rings (SSSR count). The van der Waals surface area contributed by atoms with Crippen LogP contribution in [0.4, 0.5) is 18.9 Å². The minimum atomic E-state index is -4.58. The second-order valence-corrected chi connectivity index (χ2v) is 10.8. The minimum absolute atomic E-state index is 0.0242. The number of thioether (sulfide) groups is 1. The molecular weight excluding hydrogens is 543 g/mol. The zero-order chi connectivity index (χ0) is 26.9. The van der Waals surface area contributed by atoms with Gasteiger partial charge >= 0.3 is 6.18 Å². The second kappa shape index (κ2) is 10.7. The van der Waals surface area contributed by atoms with Gasteiger partial charge in [-0.1, -0.05) is 59.3 Å². The molecule has 4 aromatic rings. The van der Waals surface area contributed by atoms with E-state index in [0.717, 1.165) is 46.7 Å². The van der Waals surface area contributed by atoms with E-state index in [-0.39, 0.29) is 22.8 Å². The van der Waals surface area contributed by atoms with Crippen molar-refractivity contribution in [2.75, 3.05) is 5.32 Å². The number of nitrogens with zero attached hydrogens (tertiary/aromatic N) is 2. The van der Waals surface area contributed by atoms with Gasteiger partial charge in [-0.25, -0.2) is 4.98 Å². The lowest BCUT2D eigenvalue weighted by Crippen LogP contribution is -2.27. The number of aromatic nitrogens is 2. The first-order valence-corrected chi connectivity index (χ1v) is 13.2. The number of rotatable bonds is 7. The number of thiophene rings is 1. The summed E-state index contributed by atoms with van der Waals surface area (Å²) in [6.45, 7) is 7.45. The average molecular weight is 564 g/mol. The first-order chi connectivity index (χ1) is 17.5. The van der Waals surface area contributed by atoms with E-state index in [1.165, 1.54) is 15.9 Å². The van der Waals surface area contributed by atoms with Gasteiger partial charge in [0.25, 0.3) is 5.56 Å². The van der Waals surface area contributed by atoms with Crippen molar-refractivity contribution in [3.8, 4) is 11.1 Å². The molecule has 192 valence electrons. The third-order valence-electron chi connectivity index (χ3n) is 5.54. The number of carbonyl (C=O) groups excluding carboxylic acids is 1. The molecule has 37 heavy (non-hydrogen) atoms. The van der Waals surface area contributed by atoms with Gasteiger partial charge in [-0.15, -0.1) is 17.9 Å². The summed E-state index contributed by atoms with van der Waals surface area (Å²) in [6.07, 6.45) is -3.02. The van der Waals surface area contributed by atoms with Crippen LogP contribution in [-0.4, -0.2) is 20.7 Å². The molecule has 2 aromatic carbocycles. The van der Waals surface area contributed by atoms with E-state index < -0.39 is 22.9 Å². The maximum absolute atomic E-state index is 13.5. The maximum atomic E-state index is 13.5. The molecule has 1 amide bonds. The summed E-state index contributed by atoms with van der Waals surface area (Å²) in [4.78, 5) is 31.6. The molecule has 11 heteroatoms. The molecule has 0 radical (unpaired) electrons. The Labute approximate surface area is 224 Å². The number of hydrogen-bond acceptors (Lipinski definition) is 5. The fourth-order valence-electron chi connectivity index (χ4n) is 3.57. The molecule has 2 aromatic heterocycles. The summed E-state index contributed by atoms with van der Waals surface area (Å²) >= 11 is 8.36. The number of allylic oxidation sites excluding steroid dienone is 1. The summed E-state index contributed by atoms with van der Waals surface area (Å²) in [7, 11) is 0. The van der Waals surface area contributed by atoms with Crippen molar-refractivity contribution in [1.29, 1.82) is 0 Å². The van der Waals surface area contributed by atoms with Gasteiger partial charge in [-0.05, 0) is 37.6 Å². The number of alkyl halides is 3. The molecule has 0 aliphatic rings. The van der Waals surface area contributed by atoms with Crippen molar-refractivity contribution in [1.82, 2.24) is 9.55 Å². The third kappa shape index (κ3) is 5.76. The number of anilines is 1. The molecule has 5 nitrogen and oxygen atoms in total. The SMILES string of the molecule is C=CCn1c(SC(C)C(=O)Nc2cc(C(F)(F)F)ccc2Cl)nc2scc(-c3ccc(C)cc3)c2c1=O. The lowest BCUT2D eigenvalue weighted by Gasteiger charge is -2.16. The van der Waals surface area contributed by atoms with Gasteiger partial charge in [0.1, 0.15) is 4.83 Å². The van der Waals surface area contributed by atoms with Crippen LogP contribution in [0.2, 0.25) is 5.02 Å². The van der Waals surface area contributed by atoms with Crippen molar-refractivity contribution in [2.24, 2.45) is 0 Å². The first-order valence-electron chi connectivity index (χ1n) is 11.0. The molecular formula is C26H21ClF3N3O2S2. The third-order valence-corrected chi connectivity index (χ3v) is 7.83. The molecule has 2 heterocycles. The van der Waals surface area contributed by atoms with E-state index in [0.29, 0.717) is 15.4 Å². The number of hydrogen-bond donors (Lipinski definition) is 1. The topological polar surface area (TPSA) is 64.0 Å². The smallest absolute Gasteiger partial charge is 0.324 e. The largest absolute Gasteiger partial charge is 0.416 e. The van der Waals surface area contributed by atoms with Crippen molar-refractivity contribution in [3.63, 3.8) is 0 Å². The Kier molecular flexibility index (Phi) is 7.82. The van der Waals surface area contributed by atoms with E-state index in [2.05, 4.69) is 16.9 Å². The Morgan fingerprint density at radius 2 is 1.97 bits per heavy atom. The highest BCUT2D eigenvalue weighted by Crippen LogP contribution is 2.35. The molecule has 1 N–H and O–H groups in total. The van der Waals surface area contributed by atoms with Crippen molar-refractivity contribution < 1.29 is 18.0 Å². The van der Waals surface area contributed by atoms with E-state index in [1.807, 2.05) is 36.6 Å². The molecule has 1 unspecified atom stereocenters. The van der Waals surface area contributed by atoms with Crippen molar-refractivity contribution in [3.05, 3.63) is 87.0 Å². The zero-order valence-corrected chi connectivity index (χ0v) is 22.1. The number of aryl methyl sites for hydroxylation is 1. The summed E-state index contributed by atoms with van der Waals surface area (Å²) < 4.78 is 40.7. The number of amides is 1. The molecule has 0 aliphatic carbocycles. The van der Waals surface area contributed by atoms with E-state index in [1.54, 1.807) is 13.0 Å². The molecule has 0 bridgehead atoms. The Morgan fingerprint density at radius 1 is 1.27 bits per heavy atom. The van der Waals surface area contributed by atoms with E-state index in [4.69, 9.17) is 11.6 Å². The number of benzene rings is 2.